The van der Waals surface area contributed by atoms with Crippen LogP contribution in [0.1, 0.15) is 56.2 Å². The second-order valence-electron chi connectivity index (χ2n) is 8.04. The van der Waals surface area contributed by atoms with E-state index in [0.29, 0.717) is 0 Å². The van der Waals surface area contributed by atoms with Crippen molar-refractivity contribution in [1.29, 1.82) is 0 Å². The number of hydrogen-bond acceptors (Lipinski definition) is 3. The molecule has 1 aliphatic rings. The van der Waals surface area contributed by atoms with Crippen molar-refractivity contribution in [3.05, 3.63) is 92.9 Å². The molecule has 0 saturated carbocycles. The molecule has 0 radical (unpaired) electrons. The third-order valence-electron chi connectivity index (χ3n) is 5.69. The average molecular weight is 556 g/mol. The minimum atomic E-state index is 0.0687. The molecule has 166 valence electrons. The molecule has 3 aromatic carbocycles. The zero-order valence-corrected chi connectivity index (χ0v) is 21.5. The Labute approximate surface area is 207 Å². The zero-order valence-electron chi connectivity index (χ0n) is 18.3. The summed E-state index contributed by atoms with van der Waals surface area (Å²) in [4.78, 5) is 0. The van der Waals surface area contributed by atoms with Crippen molar-refractivity contribution in [1.82, 2.24) is 0 Å². The van der Waals surface area contributed by atoms with Crippen LogP contribution in [0.5, 0.6) is 5.75 Å². The minimum absolute atomic E-state index is 0.0687. The highest BCUT2D eigenvalue weighted by Crippen LogP contribution is 2.41. The van der Waals surface area contributed by atoms with Gasteiger partial charge in [-0.25, -0.2) is 0 Å². The summed E-state index contributed by atoms with van der Waals surface area (Å²) in [5.41, 5.74) is 4.47. The van der Waals surface area contributed by atoms with Crippen molar-refractivity contribution in [2.75, 3.05) is 11.6 Å². The predicted molar refractivity (Wildman–Crippen MR) is 141 cm³/mol. The Morgan fingerprint density at radius 2 is 1.66 bits per heavy atom. The lowest BCUT2D eigenvalue weighted by atomic mass is 9.97. The van der Waals surface area contributed by atoms with E-state index >= 15 is 0 Å². The van der Waals surface area contributed by atoms with E-state index in [-0.39, 0.29) is 6.04 Å². The number of halogens is 2. The Hall–Kier alpha value is -2.11. The molecule has 0 aromatic heterocycles. The second kappa shape index (κ2) is 11.2. The van der Waals surface area contributed by atoms with Gasteiger partial charge in [-0.15, -0.1) is 0 Å². The highest BCUT2D eigenvalue weighted by atomic mass is 79.9. The lowest BCUT2D eigenvalue weighted by molar-refractivity contribution is 0.300. The molecule has 1 unspecified atom stereocenters. The van der Waals surface area contributed by atoms with Gasteiger partial charge in [-0.1, -0.05) is 88.4 Å². The molecule has 0 amide bonds. The van der Waals surface area contributed by atoms with Crippen molar-refractivity contribution < 1.29 is 4.74 Å². The Morgan fingerprint density at radius 3 is 2.41 bits per heavy atom. The maximum absolute atomic E-state index is 6.29. The molecule has 0 fully saturated rings. The van der Waals surface area contributed by atoms with E-state index in [1.165, 1.54) is 19.3 Å². The topological polar surface area (TPSA) is 24.8 Å². The summed E-state index contributed by atoms with van der Waals surface area (Å²) in [7, 11) is 0. The van der Waals surface area contributed by atoms with E-state index in [1.807, 2.05) is 6.07 Å². The highest BCUT2D eigenvalue weighted by molar-refractivity contribution is 9.10. The van der Waals surface area contributed by atoms with Crippen molar-refractivity contribution in [2.24, 2.45) is 5.10 Å². The molecule has 0 bridgehead atoms. The summed E-state index contributed by atoms with van der Waals surface area (Å²) >= 11 is 7.21. The van der Waals surface area contributed by atoms with Crippen molar-refractivity contribution in [3.63, 3.8) is 0 Å². The fraction of sp³-hybridized carbons (Fsp3) is 0.296. The second-order valence-corrected chi connectivity index (χ2v) is 9.88. The summed E-state index contributed by atoms with van der Waals surface area (Å²) in [5, 5.41) is 7.21. The molecule has 0 saturated heterocycles. The van der Waals surface area contributed by atoms with Crippen molar-refractivity contribution >= 4 is 43.3 Å². The number of ether oxygens (including phenoxy) is 1. The van der Waals surface area contributed by atoms with Crippen LogP contribution < -0.4 is 9.75 Å². The van der Waals surface area contributed by atoms with Crippen LogP contribution in [0.2, 0.25) is 0 Å². The van der Waals surface area contributed by atoms with Gasteiger partial charge in [0.15, 0.2) is 0 Å². The molecule has 5 heteroatoms. The third kappa shape index (κ3) is 5.62. The molecule has 4 rings (SSSR count). The monoisotopic (exact) mass is 554 g/mol. The Bertz CT molecular complexity index is 1050. The van der Waals surface area contributed by atoms with Gasteiger partial charge in [0, 0.05) is 20.9 Å². The molecule has 0 spiro atoms. The SMILES string of the molecule is CCCCCCOc1ccc(Br)cc1C1CC(c2ccc(Br)cc2)=NN1c1ccccc1. The molecule has 32 heavy (non-hydrogen) atoms. The van der Waals surface area contributed by atoms with Crippen LogP contribution in [-0.4, -0.2) is 12.3 Å². The van der Waals surface area contributed by atoms with E-state index in [1.54, 1.807) is 0 Å². The first-order valence-corrected chi connectivity index (χ1v) is 12.8. The van der Waals surface area contributed by atoms with Gasteiger partial charge in [-0.2, -0.15) is 5.10 Å². The standard InChI is InChI=1S/C27H28Br2N2O/c1-2-3-4-8-17-32-27-16-15-22(29)18-24(27)26-19-25(20-11-13-21(28)14-12-20)30-31(26)23-9-6-5-7-10-23/h5-7,9-16,18,26H,2-4,8,17,19H2,1H3. The quantitative estimate of drug-likeness (QED) is 0.247. The number of para-hydroxylation sites is 1. The summed E-state index contributed by atoms with van der Waals surface area (Å²) in [6, 6.07) is 25.2. The highest BCUT2D eigenvalue weighted by Gasteiger charge is 2.32. The summed E-state index contributed by atoms with van der Waals surface area (Å²) < 4.78 is 8.41. The molecule has 1 aliphatic heterocycles. The number of unbranched alkanes of at least 4 members (excludes halogenated alkanes) is 3. The number of hydrazone groups is 1. The number of rotatable bonds is 9. The summed E-state index contributed by atoms with van der Waals surface area (Å²) in [6.45, 7) is 2.97. The maximum atomic E-state index is 6.29. The van der Waals surface area contributed by atoms with Crippen LogP contribution in [-0.2, 0) is 0 Å². The lowest BCUT2D eigenvalue weighted by Crippen LogP contribution is -2.19. The molecule has 3 nitrogen and oxygen atoms in total. The fourth-order valence-electron chi connectivity index (χ4n) is 4.01. The molecule has 1 atom stereocenters. The van der Waals surface area contributed by atoms with Gasteiger partial charge in [-0.05, 0) is 54.4 Å². The predicted octanol–water partition coefficient (Wildman–Crippen LogP) is 8.53. The van der Waals surface area contributed by atoms with Gasteiger partial charge >= 0.3 is 0 Å². The van der Waals surface area contributed by atoms with Crippen LogP contribution >= 0.6 is 31.9 Å². The largest absolute Gasteiger partial charge is 0.493 e. The van der Waals surface area contributed by atoms with Gasteiger partial charge < -0.3 is 4.74 Å². The van der Waals surface area contributed by atoms with Gasteiger partial charge in [0.25, 0.3) is 0 Å². The van der Waals surface area contributed by atoms with E-state index < -0.39 is 0 Å². The molecule has 3 aromatic rings. The van der Waals surface area contributed by atoms with E-state index in [9.17, 15) is 0 Å². The van der Waals surface area contributed by atoms with Gasteiger partial charge in [-0.3, -0.25) is 5.01 Å². The normalized spacial score (nSPS) is 15.7. The lowest BCUT2D eigenvalue weighted by Gasteiger charge is -2.26. The van der Waals surface area contributed by atoms with Crippen LogP contribution in [0.15, 0.2) is 86.8 Å². The molecule has 0 aliphatic carbocycles. The van der Waals surface area contributed by atoms with E-state index in [4.69, 9.17) is 9.84 Å². The van der Waals surface area contributed by atoms with Crippen LogP contribution in [0, 0.1) is 0 Å². The smallest absolute Gasteiger partial charge is 0.124 e. The number of anilines is 1. The van der Waals surface area contributed by atoms with Gasteiger partial charge in [0.2, 0.25) is 0 Å². The minimum Gasteiger partial charge on any atom is -0.493 e. The maximum Gasteiger partial charge on any atom is 0.124 e. The van der Waals surface area contributed by atoms with Crippen molar-refractivity contribution in [2.45, 2.75) is 45.1 Å². The van der Waals surface area contributed by atoms with Crippen LogP contribution in [0.4, 0.5) is 5.69 Å². The average Bonchev–Trinajstić information content (AvgIpc) is 3.26. The first-order valence-electron chi connectivity index (χ1n) is 11.3. The van der Waals surface area contributed by atoms with Crippen molar-refractivity contribution in [3.8, 4) is 5.75 Å². The Kier molecular flexibility index (Phi) is 8.04. The Balaban J connectivity index is 1.65. The molecular weight excluding hydrogens is 528 g/mol. The molecular formula is C27H28Br2N2O. The fourth-order valence-corrected chi connectivity index (χ4v) is 4.65. The number of nitrogens with zero attached hydrogens (tertiary/aromatic N) is 2. The van der Waals surface area contributed by atoms with E-state index in [0.717, 1.165) is 56.7 Å². The van der Waals surface area contributed by atoms with Gasteiger partial charge in [0.1, 0.15) is 5.75 Å². The first-order chi connectivity index (χ1) is 15.7. The van der Waals surface area contributed by atoms with Gasteiger partial charge in [0.05, 0.1) is 24.0 Å². The van der Waals surface area contributed by atoms with E-state index in [2.05, 4.69) is 111 Å². The van der Waals surface area contributed by atoms with Crippen LogP contribution in [0.3, 0.4) is 0 Å². The first kappa shape index (κ1) is 23.1. The zero-order chi connectivity index (χ0) is 22.3. The number of hydrogen-bond donors (Lipinski definition) is 0. The molecule has 1 heterocycles. The Morgan fingerprint density at radius 1 is 0.906 bits per heavy atom. The summed E-state index contributed by atoms with van der Waals surface area (Å²) in [5.74, 6) is 0.947. The molecule has 0 N–H and O–H groups in total. The van der Waals surface area contributed by atoms with Crippen LogP contribution in [0.25, 0.3) is 0 Å². The number of benzene rings is 3. The third-order valence-corrected chi connectivity index (χ3v) is 6.72. The summed E-state index contributed by atoms with van der Waals surface area (Å²) in [6.07, 6.45) is 5.59.